The van der Waals surface area contributed by atoms with Crippen molar-refractivity contribution in [3.05, 3.63) is 0 Å². The smallest absolute Gasteiger partial charge is 0.0749 e. The summed E-state index contributed by atoms with van der Waals surface area (Å²) in [5.74, 6) is 0.734. The summed E-state index contributed by atoms with van der Waals surface area (Å²) in [4.78, 5) is 2.54. The molecule has 0 aromatic heterocycles. The zero-order valence-corrected chi connectivity index (χ0v) is 10.7. The second kappa shape index (κ2) is 5.83. The van der Waals surface area contributed by atoms with Crippen molar-refractivity contribution < 1.29 is 4.74 Å². The van der Waals surface area contributed by atoms with Crippen LogP contribution in [0.4, 0.5) is 0 Å². The molecule has 3 nitrogen and oxygen atoms in total. The van der Waals surface area contributed by atoms with Crippen LogP contribution in [0.5, 0.6) is 0 Å². The van der Waals surface area contributed by atoms with Crippen LogP contribution in [0.2, 0.25) is 0 Å². The number of hydrogen-bond acceptors (Lipinski definition) is 3. The van der Waals surface area contributed by atoms with E-state index in [4.69, 9.17) is 4.74 Å². The summed E-state index contributed by atoms with van der Waals surface area (Å²) in [6, 6.07) is 0. The maximum absolute atomic E-state index is 5.49. The van der Waals surface area contributed by atoms with E-state index in [-0.39, 0.29) is 5.60 Å². The predicted octanol–water partition coefficient (Wildman–Crippen LogP) is 1.34. The van der Waals surface area contributed by atoms with E-state index in [0.717, 1.165) is 25.6 Å². The molecule has 0 radical (unpaired) electrons. The van der Waals surface area contributed by atoms with Gasteiger partial charge in [0.2, 0.25) is 0 Å². The van der Waals surface area contributed by atoms with Gasteiger partial charge < -0.3 is 15.0 Å². The molecule has 0 spiro atoms. The van der Waals surface area contributed by atoms with Crippen molar-refractivity contribution >= 4 is 0 Å². The molecule has 0 aromatic rings. The Morgan fingerprint density at radius 3 is 2.87 bits per heavy atom. The maximum atomic E-state index is 5.49. The van der Waals surface area contributed by atoms with Crippen LogP contribution in [0, 0.1) is 5.92 Å². The van der Waals surface area contributed by atoms with Crippen molar-refractivity contribution in [2.75, 3.05) is 39.8 Å². The molecule has 1 rings (SSSR count). The SMILES string of the molecule is COC(C)(C)CN1CCCNCC(C)C1. The summed E-state index contributed by atoms with van der Waals surface area (Å²) in [6.45, 7) is 12.3. The second-order valence-corrected chi connectivity index (χ2v) is 5.36. The average molecular weight is 214 g/mol. The summed E-state index contributed by atoms with van der Waals surface area (Å²) in [7, 11) is 1.80. The third-order valence-electron chi connectivity index (χ3n) is 3.05. The summed E-state index contributed by atoms with van der Waals surface area (Å²) in [6.07, 6.45) is 1.24. The Morgan fingerprint density at radius 2 is 2.20 bits per heavy atom. The zero-order valence-electron chi connectivity index (χ0n) is 10.7. The molecule has 1 unspecified atom stereocenters. The molecule has 1 N–H and O–H groups in total. The van der Waals surface area contributed by atoms with Gasteiger partial charge in [-0.25, -0.2) is 0 Å². The number of nitrogens with zero attached hydrogens (tertiary/aromatic N) is 1. The molecular weight excluding hydrogens is 188 g/mol. The van der Waals surface area contributed by atoms with Crippen LogP contribution in [0.15, 0.2) is 0 Å². The largest absolute Gasteiger partial charge is 0.377 e. The van der Waals surface area contributed by atoms with Gasteiger partial charge in [0.05, 0.1) is 5.60 Å². The van der Waals surface area contributed by atoms with Gasteiger partial charge in [0.15, 0.2) is 0 Å². The van der Waals surface area contributed by atoms with Gasteiger partial charge in [0.1, 0.15) is 0 Å². The molecule has 1 aliphatic heterocycles. The number of nitrogens with one attached hydrogen (secondary N) is 1. The second-order valence-electron chi connectivity index (χ2n) is 5.36. The molecule has 1 fully saturated rings. The van der Waals surface area contributed by atoms with E-state index in [9.17, 15) is 0 Å². The lowest BCUT2D eigenvalue weighted by molar-refractivity contribution is -0.0114. The number of rotatable bonds is 3. The van der Waals surface area contributed by atoms with Crippen LogP contribution in [-0.4, -0.2) is 50.3 Å². The van der Waals surface area contributed by atoms with E-state index in [0.29, 0.717) is 0 Å². The highest BCUT2D eigenvalue weighted by atomic mass is 16.5. The molecule has 0 aromatic carbocycles. The van der Waals surface area contributed by atoms with Crippen LogP contribution in [0.25, 0.3) is 0 Å². The lowest BCUT2D eigenvalue weighted by atomic mass is 10.1. The van der Waals surface area contributed by atoms with Crippen LogP contribution >= 0.6 is 0 Å². The number of methoxy groups -OCH3 is 1. The molecule has 1 atom stereocenters. The molecule has 3 heteroatoms. The lowest BCUT2D eigenvalue weighted by Gasteiger charge is -2.34. The van der Waals surface area contributed by atoms with Gasteiger partial charge in [-0.2, -0.15) is 0 Å². The quantitative estimate of drug-likeness (QED) is 0.767. The van der Waals surface area contributed by atoms with Gasteiger partial charge in [-0.3, -0.25) is 0 Å². The lowest BCUT2D eigenvalue weighted by Crippen LogP contribution is -2.45. The monoisotopic (exact) mass is 214 g/mol. The molecule has 15 heavy (non-hydrogen) atoms. The minimum Gasteiger partial charge on any atom is -0.377 e. The first-order valence-corrected chi connectivity index (χ1v) is 6.02. The predicted molar refractivity (Wildman–Crippen MR) is 64.2 cm³/mol. The molecule has 0 bridgehead atoms. The van der Waals surface area contributed by atoms with E-state index >= 15 is 0 Å². The molecule has 1 heterocycles. The topological polar surface area (TPSA) is 24.5 Å². The van der Waals surface area contributed by atoms with Crippen molar-refractivity contribution in [2.24, 2.45) is 5.92 Å². The van der Waals surface area contributed by atoms with E-state index in [1.807, 2.05) is 0 Å². The Morgan fingerprint density at radius 1 is 1.47 bits per heavy atom. The first kappa shape index (κ1) is 12.9. The van der Waals surface area contributed by atoms with E-state index in [1.165, 1.54) is 19.5 Å². The Labute approximate surface area is 94.2 Å². The molecule has 0 amide bonds. The number of ether oxygens (including phenoxy) is 1. The average Bonchev–Trinajstić information content (AvgIpc) is 2.13. The Kier molecular flexibility index (Phi) is 5.03. The van der Waals surface area contributed by atoms with Gasteiger partial charge >= 0.3 is 0 Å². The van der Waals surface area contributed by atoms with Crippen LogP contribution in [0.3, 0.4) is 0 Å². The first-order valence-electron chi connectivity index (χ1n) is 6.02. The molecule has 0 aliphatic carbocycles. The van der Waals surface area contributed by atoms with E-state index < -0.39 is 0 Å². The summed E-state index contributed by atoms with van der Waals surface area (Å²) in [5, 5.41) is 3.48. The van der Waals surface area contributed by atoms with Gasteiger partial charge in [0, 0.05) is 20.2 Å². The normalized spacial score (nSPS) is 26.0. The van der Waals surface area contributed by atoms with Crippen LogP contribution < -0.4 is 5.32 Å². The standard InChI is InChI=1S/C12H26N2O/c1-11-8-13-6-5-7-14(9-11)10-12(2,3)15-4/h11,13H,5-10H2,1-4H3. The van der Waals surface area contributed by atoms with Crippen LogP contribution in [-0.2, 0) is 4.74 Å². The van der Waals surface area contributed by atoms with Gasteiger partial charge in [-0.05, 0) is 45.8 Å². The van der Waals surface area contributed by atoms with Crippen molar-refractivity contribution in [1.29, 1.82) is 0 Å². The molecule has 1 saturated heterocycles. The Hall–Kier alpha value is -0.120. The Balaban J connectivity index is 2.43. The molecule has 0 saturated carbocycles. The van der Waals surface area contributed by atoms with E-state index in [2.05, 4.69) is 31.0 Å². The van der Waals surface area contributed by atoms with E-state index in [1.54, 1.807) is 7.11 Å². The first-order chi connectivity index (χ1) is 7.03. The third kappa shape index (κ3) is 4.96. The minimum absolute atomic E-state index is 0.0215. The van der Waals surface area contributed by atoms with Crippen molar-refractivity contribution in [2.45, 2.75) is 32.8 Å². The van der Waals surface area contributed by atoms with Crippen molar-refractivity contribution in [3.8, 4) is 0 Å². The highest BCUT2D eigenvalue weighted by Gasteiger charge is 2.22. The zero-order chi connectivity index (χ0) is 11.3. The fraction of sp³-hybridized carbons (Fsp3) is 1.00. The maximum Gasteiger partial charge on any atom is 0.0749 e. The summed E-state index contributed by atoms with van der Waals surface area (Å²) in [5.41, 5.74) is -0.0215. The van der Waals surface area contributed by atoms with Crippen molar-refractivity contribution in [1.82, 2.24) is 10.2 Å². The minimum atomic E-state index is -0.0215. The third-order valence-corrected chi connectivity index (χ3v) is 3.05. The van der Waals surface area contributed by atoms with Gasteiger partial charge in [0.25, 0.3) is 0 Å². The summed E-state index contributed by atoms with van der Waals surface area (Å²) >= 11 is 0. The molecule has 90 valence electrons. The highest BCUT2D eigenvalue weighted by molar-refractivity contribution is 4.77. The fourth-order valence-electron chi connectivity index (χ4n) is 2.12. The molecular formula is C12H26N2O. The highest BCUT2D eigenvalue weighted by Crippen LogP contribution is 2.12. The number of hydrogen-bond donors (Lipinski definition) is 1. The fourth-order valence-corrected chi connectivity index (χ4v) is 2.12. The van der Waals surface area contributed by atoms with Crippen LogP contribution in [0.1, 0.15) is 27.2 Å². The Bertz CT molecular complexity index is 182. The van der Waals surface area contributed by atoms with Gasteiger partial charge in [-0.1, -0.05) is 6.92 Å². The molecule has 1 aliphatic rings. The van der Waals surface area contributed by atoms with Gasteiger partial charge in [-0.15, -0.1) is 0 Å². The van der Waals surface area contributed by atoms with Crippen molar-refractivity contribution in [3.63, 3.8) is 0 Å². The summed E-state index contributed by atoms with van der Waals surface area (Å²) < 4.78 is 5.49.